The van der Waals surface area contributed by atoms with Crippen molar-refractivity contribution < 1.29 is 0 Å². The van der Waals surface area contributed by atoms with E-state index in [4.69, 9.17) is 0 Å². The second-order valence-electron chi connectivity index (χ2n) is 3.42. The predicted molar refractivity (Wildman–Crippen MR) is 60.7 cm³/mol. The lowest BCUT2D eigenvalue weighted by molar-refractivity contribution is 0.655. The maximum absolute atomic E-state index is 4.03. The van der Waals surface area contributed by atoms with Crippen molar-refractivity contribution in [2.24, 2.45) is 7.05 Å². The summed E-state index contributed by atoms with van der Waals surface area (Å²) in [6, 6.07) is 2.14. The third-order valence-corrected chi connectivity index (χ3v) is 2.97. The minimum absolute atomic E-state index is 0.917. The average Bonchev–Trinajstić information content (AvgIpc) is 2.85. The van der Waals surface area contributed by atoms with Crippen LogP contribution in [-0.2, 0) is 20.0 Å². The third kappa shape index (κ3) is 2.87. The first kappa shape index (κ1) is 10.3. The van der Waals surface area contributed by atoms with Crippen LogP contribution in [0.3, 0.4) is 0 Å². The van der Waals surface area contributed by atoms with Crippen LogP contribution in [0.1, 0.15) is 11.4 Å². The molecule has 2 aromatic rings. The molecule has 0 aliphatic rings. The number of aromatic nitrogens is 3. The molecular formula is C10H14N4S. The van der Waals surface area contributed by atoms with Gasteiger partial charge in [-0.25, -0.2) is 0 Å². The molecule has 0 aliphatic heterocycles. The molecule has 0 spiro atoms. The zero-order valence-corrected chi connectivity index (χ0v) is 9.50. The Bertz CT molecular complexity index is 393. The van der Waals surface area contributed by atoms with E-state index in [0.29, 0.717) is 0 Å². The van der Waals surface area contributed by atoms with E-state index in [1.165, 1.54) is 5.56 Å². The van der Waals surface area contributed by atoms with Gasteiger partial charge >= 0.3 is 0 Å². The van der Waals surface area contributed by atoms with E-state index in [1.54, 1.807) is 17.7 Å². The Hall–Kier alpha value is -1.20. The van der Waals surface area contributed by atoms with Crippen molar-refractivity contribution in [1.82, 2.24) is 20.1 Å². The molecular weight excluding hydrogens is 208 g/mol. The molecule has 0 fully saturated rings. The lowest BCUT2D eigenvalue weighted by atomic mass is 10.3. The largest absolute Gasteiger partial charge is 0.321 e. The summed E-state index contributed by atoms with van der Waals surface area (Å²) in [4.78, 5) is 0. The van der Waals surface area contributed by atoms with Gasteiger partial charge in [0, 0.05) is 26.6 Å². The van der Waals surface area contributed by atoms with E-state index in [9.17, 15) is 0 Å². The molecule has 2 heterocycles. The fraction of sp³-hybridized carbons (Fsp3) is 0.400. The van der Waals surface area contributed by atoms with Crippen molar-refractivity contribution in [3.8, 4) is 0 Å². The molecule has 0 saturated heterocycles. The summed E-state index contributed by atoms with van der Waals surface area (Å²) in [5, 5.41) is 15.5. The van der Waals surface area contributed by atoms with Gasteiger partial charge in [-0.1, -0.05) is 0 Å². The Kier molecular flexibility index (Phi) is 3.47. The Balaban J connectivity index is 1.70. The SMILES string of the molecule is Cn1cnnc1CCNCc1ccsc1. The van der Waals surface area contributed by atoms with E-state index in [2.05, 4.69) is 32.3 Å². The van der Waals surface area contributed by atoms with Crippen LogP contribution in [0.4, 0.5) is 0 Å². The normalized spacial score (nSPS) is 10.7. The summed E-state index contributed by atoms with van der Waals surface area (Å²) < 4.78 is 1.95. The maximum Gasteiger partial charge on any atom is 0.133 e. The van der Waals surface area contributed by atoms with Crippen molar-refractivity contribution in [2.75, 3.05) is 6.54 Å². The van der Waals surface area contributed by atoms with Gasteiger partial charge in [0.05, 0.1) is 0 Å². The van der Waals surface area contributed by atoms with Gasteiger partial charge in [-0.3, -0.25) is 0 Å². The number of thiophene rings is 1. The van der Waals surface area contributed by atoms with Gasteiger partial charge in [-0.15, -0.1) is 10.2 Å². The molecule has 0 aliphatic carbocycles. The van der Waals surface area contributed by atoms with Crippen LogP contribution < -0.4 is 5.32 Å². The standard InChI is InChI=1S/C10H14N4S/c1-14-8-12-13-10(14)2-4-11-6-9-3-5-15-7-9/h3,5,7-8,11H,2,4,6H2,1H3. The minimum atomic E-state index is 0.917. The molecule has 0 saturated carbocycles. The van der Waals surface area contributed by atoms with Crippen LogP contribution in [0, 0.1) is 0 Å². The second kappa shape index (κ2) is 5.04. The molecule has 0 atom stereocenters. The van der Waals surface area contributed by atoms with E-state index in [0.717, 1.165) is 25.3 Å². The Morgan fingerprint density at radius 1 is 1.53 bits per heavy atom. The summed E-state index contributed by atoms with van der Waals surface area (Å²) in [5.41, 5.74) is 1.35. The fourth-order valence-corrected chi connectivity index (χ4v) is 2.03. The van der Waals surface area contributed by atoms with Gasteiger partial charge < -0.3 is 9.88 Å². The highest BCUT2D eigenvalue weighted by Crippen LogP contribution is 2.04. The summed E-state index contributed by atoms with van der Waals surface area (Å²) in [6.45, 7) is 1.86. The van der Waals surface area contributed by atoms with E-state index >= 15 is 0 Å². The first-order chi connectivity index (χ1) is 7.36. The van der Waals surface area contributed by atoms with Gasteiger partial charge in [0.1, 0.15) is 12.2 Å². The molecule has 0 amide bonds. The van der Waals surface area contributed by atoms with Crippen molar-refractivity contribution in [3.05, 3.63) is 34.5 Å². The third-order valence-electron chi connectivity index (χ3n) is 2.24. The number of nitrogens with one attached hydrogen (secondary N) is 1. The first-order valence-electron chi connectivity index (χ1n) is 4.91. The fourth-order valence-electron chi connectivity index (χ4n) is 1.36. The number of nitrogens with zero attached hydrogens (tertiary/aromatic N) is 3. The Morgan fingerprint density at radius 3 is 3.13 bits per heavy atom. The highest BCUT2D eigenvalue weighted by molar-refractivity contribution is 7.07. The molecule has 4 nitrogen and oxygen atoms in total. The highest BCUT2D eigenvalue weighted by Gasteiger charge is 1.99. The molecule has 2 aromatic heterocycles. The van der Waals surface area contributed by atoms with Gasteiger partial charge in [0.15, 0.2) is 0 Å². The van der Waals surface area contributed by atoms with E-state index in [-0.39, 0.29) is 0 Å². The quantitative estimate of drug-likeness (QED) is 0.773. The monoisotopic (exact) mass is 222 g/mol. The van der Waals surface area contributed by atoms with Gasteiger partial charge in [0.2, 0.25) is 0 Å². The maximum atomic E-state index is 4.03. The van der Waals surface area contributed by atoms with E-state index in [1.807, 2.05) is 11.6 Å². The molecule has 0 aromatic carbocycles. The van der Waals surface area contributed by atoms with Crippen molar-refractivity contribution in [1.29, 1.82) is 0 Å². The zero-order chi connectivity index (χ0) is 10.5. The molecule has 0 bridgehead atoms. The van der Waals surface area contributed by atoms with Crippen LogP contribution in [-0.4, -0.2) is 21.3 Å². The molecule has 2 rings (SSSR count). The van der Waals surface area contributed by atoms with Crippen molar-refractivity contribution in [3.63, 3.8) is 0 Å². The Labute approximate surface area is 93.0 Å². The molecule has 15 heavy (non-hydrogen) atoms. The lowest BCUT2D eigenvalue weighted by Gasteiger charge is -2.02. The molecule has 5 heteroatoms. The minimum Gasteiger partial charge on any atom is -0.321 e. The molecule has 0 radical (unpaired) electrons. The van der Waals surface area contributed by atoms with Crippen LogP contribution in [0.2, 0.25) is 0 Å². The number of hydrogen-bond donors (Lipinski definition) is 1. The summed E-state index contributed by atoms with van der Waals surface area (Å²) in [6.07, 6.45) is 2.65. The number of hydrogen-bond acceptors (Lipinski definition) is 4. The van der Waals surface area contributed by atoms with Crippen LogP contribution in [0.25, 0.3) is 0 Å². The summed E-state index contributed by atoms with van der Waals surface area (Å²) in [7, 11) is 1.97. The summed E-state index contributed by atoms with van der Waals surface area (Å²) in [5.74, 6) is 1.02. The highest BCUT2D eigenvalue weighted by atomic mass is 32.1. The average molecular weight is 222 g/mol. The van der Waals surface area contributed by atoms with Crippen molar-refractivity contribution >= 4 is 11.3 Å². The van der Waals surface area contributed by atoms with Gasteiger partial charge in [-0.05, 0) is 22.4 Å². The van der Waals surface area contributed by atoms with Crippen molar-refractivity contribution in [2.45, 2.75) is 13.0 Å². The molecule has 1 N–H and O–H groups in total. The summed E-state index contributed by atoms with van der Waals surface area (Å²) >= 11 is 1.73. The lowest BCUT2D eigenvalue weighted by Crippen LogP contribution is -2.17. The number of aryl methyl sites for hydroxylation is 1. The smallest absolute Gasteiger partial charge is 0.133 e. The van der Waals surface area contributed by atoms with Crippen LogP contribution in [0.15, 0.2) is 23.2 Å². The molecule has 80 valence electrons. The van der Waals surface area contributed by atoms with Gasteiger partial charge in [0.25, 0.3) is 0 Å². The molecule has 0 unspecified atom stereocenters. The Morgan fingerprint density at radius 2 is 2.47 bits per heavy atom. The first-order valence-corrected chi connectivity index (χ1v) is 5.85. The van der Waals surface area contributed by atoms with Crippen LogP contribution in [0.5, 0.6) is 0 Å². The topological polar surface area (TPSA) is 42.7 Å². The van der Waals surface area contributed by atoms with E-state index < -0.39 is 0 Å². The number of rotatable bonds is 5. The zero-order valence-electron chi connectivity index (χ0n) is 8.68. The van der Waals surface area contributed by atoms with Gasteiger partial charge in [-0.2, -0.15) is 11.3 Å². The predicted octanol–water partition coefficient (Wildman–Crippen LogP) is 1.21. The van der Waals surface area contributed by atoms with Crippen LogP contribution >= 0.6 is 11.3 Å². The second-order valence-corrected chi connectivity index (χ2v) is 4.20.